The highest BCUT2D eigenvalue weighted by Gasteiger charge is 2.30. The van der Waals surface area contributed by atoms with Gasteiger partial charge in [0, 0.05) is 24.1 Å². The molecule has 2 heterocycles. The van der Waals surface area contributed by atoms with Gasteiger partial charge >= 0.3 is 6.18 Å². The van der Waals surface area contributed by atoms with Crippen LogP contribution in [0, 0.1) is 6.92 Å². The number of amides is 1. The van der Waals surface area contributed by atoms with E-state index in [1.54, 1.807) is 13.0 Å². The number of nitrogens with zero attached hydrogens (tertiary/aromatic N) is 3. The summed E-state index contributed by atoms with van der Waals surface area (Å²) in [5.74, 6) is -0.378. The monoisotopic (exact) mass is 398 g/mol. The van der Waals surface area contributed by atoms with Crippen molar-refractivity contribution in [3.8, 4) is 5.69 Å². The minimum absolute atomic E-state index is 0.238. The van der Waals surface area contributed by atoms with E-state index in [-0.39, 0.29) is 17.2 Å². The maximum Gasteiger partial charge on any atom is 0.416 e. The number of hydrogen-bond donors (Lipinski definition) is 1. The normalized spacial score (nSPS) is 11.8. The Balaban J connectivity index is 1.66. The van der Waals surface area contributed by atoms with E-state index in [1.165, 1.54) is 23.0 Å². The highest BCUT2D eigenvalue weighted by molar-refractivity contribution is 6.09. The number of carbonyl (C=O) groups excluding carboxylic acids is 1. The summed E-state index contributed by atoms with van der Waals surface area (Å²) in [4.78, 5) is 12.8. The van der Waals surface area contributed by atoms with Gasteiger partial charge in [-0.1, -0.05) is 12.1 Å². The Morgan fingerprint density at radius 3 is 2.62 bits per heavy atom. The lowest BCUT2D eigenvalue weighted by Gasteiger charge is -2.10. The number of carbonyl (C=O) groups is 1. The number of anilines is 1. The first-order valence-electron chi connectivity index (χ1n) is 8.83. The Kier molecular flexibility index (Phi) is 4.41. The predicted molar refractivity (Wildman–Crippen MR) is 104 cm³/mol. The number of aryl methyl sites for hydroxylation is 1. The quantitative estimate of drug-likeness (QED) is 0.531. The number of alkyl halides is 3. The SMILES string of the molecule is Cc1c(C(=O)Nc2cccc3c2ccn3C)cnn1-c1cccc(C(F)(F)F)c1. The Labute approximate surface area is 164 Å². The zero-order valence-corrected chi connectivity index (χ0v) is 15.7. The lowest BCUT2D eigenvalue weighted by atomic mass is 10.1. The molecule has 0 spiro atoms. The first-order valence-corrected chi connectivity index (χ1v) is 8.83. The van der Waals surface area contributed by atoms with Crippen molar-refractivity contribution >= 4 is 22.5 Å². The van der Waals surface area contributed by atoms with Gasteiger partial charge in [-0.05, 0) is 43.3 Å². The van der Waals surface area contributed by atoms with E-state index >= 15 is 0 Å². The molecule has 0 aliphatic carbocycles. The van der Waals surface area contributed by atoms with Crippen LogP contribution in [0.3, 0.4) is 0 Å². The van der Waals surface area contributed by atoms with E-state index in [4.69, 9.17) is 0 Å². The van der Waals surface area contributed by atoms with Gasteiger partial charge in [0.25, 0.3) is 5.91 Å². The van der Waals surface area contributed by atoms with Crippen LogP contribution in [-0.2, 0) is 13.2 Å². The molecule has 4 aromatic rings. The number of fused-ring (bicyclic) bond motifs is 1. The molecule has 0 radical (unpaired) electrons. The number of rotatable bonds is 3. The molecule has 5 nitrogen and oxygen atoms in total. The highest BCUT2D eigenvalue weighted by Crippen LogP contribution is 2.31. The van der Waals surface area contributed by atoms with Gasteiger partial charge in [-0.2, -0.15) is 18.3 Å². The molecule has 0 atom stereocenters. The van der Waals surface area contributed by atoms with Gasteiger partial charge in [0.15, 0.2) is 0 Å². The maximum absolute atomic E-state index is 13.0. The molecule has 0 bridgehead atoms. The molecule has 2 aromatic heterocycles. The zero-order valence-electron chi connectivity index (χ0n) is 15.7. The number of benzene rings is 2. The van der Waals surface area contributed by atoms with Crippen LogP contribution < -0.4 is 5.32 Å². The van der Waals surface area contributed by atoms with Gasteiger partial charge in [-0.15, -0.1) is 0 Å². The maximum atomic E-state index is 13.0. The van der Waals surface area contributed by atoms with E-state index in [2.05, 4.69) is 10.4 Å². The van der Waals surface area contributed by atoms with E-state index in [9.17, 15) is 18.0 Å². The van der Waals surface area contributed by atoms with E-state index in [1.807, 2.05) is 36.0 Å². The summed E-state index contributed by atoms with van der Waals surface area (Å²) in [5, 5.41) is 7.89. The Morgan fingerprint density at radius 1 is 1.10 bits per heavy atom. The molecule has 148 valence electrons. The van der Waals surface area contributed by atoms with Gasteiger partial charge < -0.3 is 9.88 Å². The zero-order chi connectivity index (χ0) is 20.8. The minimum Gasteiger partial charge on any atom is -0.350 e. The fourth-order valence-corrected chi connectivity index (χ4v) is 3.31. The summed E-state index contributed by atoms with van der Waals surface area (Å²) in [5.41, 5.74) is 1.82. The molecule has 0 unspecified atom stereocenters. The lowest BCUT2D eigenvalue weighted by Crippen LogP contribution is -2.13. The molecule has 29 heavy (non-hydrogen) atoms. The molecule has 0 saturated heterocycles. The van der Waals surface area contributed by atoms with Crippen LogP contribution in [0.1, 0.15) is 21.6 Å². The molecule has 0 aliphatic heterocycles. The first-order chi connectivity index (χ1) is 13.8. The molecule has 0 saturated carbocycles. The fraction of sp³-hybridized carbons (Fsp3) is 0.143. The second kappa shape index (κ2) is 6.80. The predicted octanol–water partition coefficient (Wildman–Crippen LogP) is 4.94. The largest absolute Gasteiger partial charge is 0.416 e. The average molecular weight is 398 g/mol. The number of aromatic nitrogens is 3. The third-order valence-corrected chi connectivity index (χ3v) is 4.85. The first kappa shape index (κ1) is 18.8. The van der Waals surface area contributed by atoms with Crippen LogP contribution in [-0.4, -0.2) is 20.3 Å². The van der Waals surface area contributed by atoms with Gasteiger partial charge in [-0.3, -0.25) is 4.79 Å². The molecule has 2 aromatic carbocycles. The van der Waals surface area contributed by atoms with Crippen molar-refractivity contribution in [1.82, 2.24) is 14.3 Å². The van der Waals surface area contributed by atoms with Gasteiger partial charge in [0.2, 0.25) is 0 Å². The third-order valence-electron chi connectivity index (χ3n) is 4.85. The van der Waals surface area contributed by atoms with Crippen molar-refractivity contribution in [1.29, 1.82) is 0 Å². The summed E-state index contributed by atoms with van der Waals surface area (Å²) in [6, 6.07) is 12.3. The van der Waals surface area contributed by atoms with Gasteiger partial charge in [0.05, 0.1) is 34.4 Å². The van der Waals surface area contributed by atoms with E-state index < -0.39 is 11.7 Å². The standard InChI is InChI=1S/C21H17F3N4O/c1-13-17(12-25-28(13)15-6-3-5-14(11-15)21(22,23)24)20(29)26-18-7-4-8-19-16(18)9-10-27(19)2/h3-12H,1-2H3,(H,26,29). The van der Waals surface area contributed by atoms with Crippen molar-refractivity contribution in [3.63, 3.8) is 0 Å². The van der Waals surface area contributed by atoms with Crippen molar-refractivity contribution in [2.24, 2.45) is 7.05 Å². The molecule has 0 aliphatic rings. The molecule has 4 rings (SSSR count). The van der Waals surface area contributed by atoms with Crippen LogP contribution in [0.15, 0.2) is 60.9 Å². The summed E-state index contributed by atoms with van der Waals surface area (Å²) in [7, 11) is 1.91. The van der Waals surface area contributed by atoms with Gasteiger partial charge in [-0.25, -0.2) is 4.68 Å². The average Bonchev–Trinajstić information content (AvgIpc) is 3.25. The van der Waals surface area contributed by atoms with Gasteiger partial charge in [0.1, 0.15) is 0 Å². The van der Waals surface area contributed by atoms with Crippen molar-refractivity contribution < 1.29 is 18.0 Å². The van der Waals surface area contributed by atoms with Crippen molar-refractivity contribution in [2.75, 3.05) is 5.32 Å². The van der Waals surface area contributed by atoms with Crippen molar-refractivity contribution in [3.05, 3.63) is 77.7 Å². The van der Waals surface area contributed by atoms with E-state index in [0.29, 0.717) is 11.4 Å². The topological polar surface area (TPSA) is 51.9 Å². The van der Waals surface area contributed by atoms with Crippen LogP contribution in [0.25, 0.3) is 16.6 Å². The van der Waals surface area contributed by atoms with Crippen molar-refractivity contribution in [2.45, 2.75) is 13.1 Å². The van der Waals surface area contributed by atoms with Crippen LogP contribution in [0.2, 0.25) is 0 Å². The lowest BCUT2D eigenvalue weighted by molar-refractivity contribution is -0.137. The molecular weight excluding hydrogens is 381 g/mol. The van der Waals surface area contributed by atoms with Crippen LogP contribution >= 0.6 is 0 Å². The Bertz CT molecular complexity index is 1220. The molecular formula is C21H17F3N4O. The number of halogens is 3. The molecule has 1 N–H and O–H groups in total. The molecule has 8 heteroatoms. The van der Waals surface area contributed by atoms with Crippen LogP contribution in [0.5, 0.6) is 0 Å². The summed E-state index contributed by atoms with van der Waals surface area (Å²) >= 11 is 0. The summed E-state index contributed by atoms with van der Waals surface area (Å²) in [6.07, 6.45) is -1.20. The summed E-state index contributed by atoms with van der Waals surface area (Å²) in [6.45, 7) is 1.64. The Hall–Kier alpha value is -3.55. The molecule has 0 fully saturated rings. The molecule has 1 amide bonds. The number of hydrogen-bond acceptors (Lipinski definition) is 2. The minimum atomic E-state index is -4.45. The summed E-state index contributed by atoms with van der Waals surface area (Å²) < 4.78 is 42.3. The Morgan fingerprint density at radius 2 is 1.86 bits per heavy atom. The van der Waals surface area contributed by atoms with E-state index in [0.717, 1.165) is 23.0 Å². The van der Waals surface area contributed by atoms with Crippen LogP contribution in [0.4, 0.5) is 18.9 Å². The second-order valence-electron chi connectivity index (χ2n) is 6.72. The second-order valence-corrected chi connectivity index (χ2v) is 6.72. The third kappa shape index (κ3) is 3.37. The fourth-order valence-electron chi connectivity index (χ4n) is 3.31. The number of nitrogens with one attached hydrogen (secondary N) is 1. The highest BCUT2D eigenvalue weighted by atomic mass is 19.4. The smallest absolute Gasteiger partial charge is 0.350 e.